The number of nitrogens with two attached hydrogens (primary N) is 1. The lowest BCUT2D eigenvalue weighted by atomic mass is 10.2. The van der Waals surface area contributed by atoms with Crippen LogP contribution in [0, 0.1) is 10.1 Å². The van der Waals surface area contributed by atoms with E-state index in [1.165, 1.54) is 12.1 Å². The van der Waals surface area contributed by atoms with Gasteiger partial charge >= 0.3 is 0 Å². The molecule has 0 amide bonds. The summed E-state index contributed by atoms with van der Waals surface area (Å²) < 4.78 is 10.2. The Bertz CT molecular complexity index is 390. The van der Waals surface area contributed by atoms with Crippen molar-refractivity contribution in [3.63, 3.8) is 0 Å². The summed E-state index contributed by atoms with van der Waals surface area (Å²) in [5.74, 6) is 0.333. The van der Waals surface area contributed by atoms with Crippen LogP contribution in [0.1, 0.15) is 0 Å². The molecule has 6 heteroatoms. The van der Waals surface area contributed by atoms with Gasteiger partial charge in [0.1, 0.15) is 18.5 Å². The highest BCUT2D eigenvalue weighted by Crippen LogP contribution is 2.31. The van der Waals surface area contributed by atoms with Gasteiger partial charge in [0.2, 0.25) is 0 Å². The zero-order valence-electron chi connectivity index (χ0n) is 7.88. The lowest BCUT2D eigenvalue weighted by Gasteiger charge is -2.06. The van der Waals surface area contributed by atoms with Crippen LogP contribution in [-0.2, 0) is 4.74 Å². The molecule has 2 rings (SSSR count). The maximum Gasteiger partial charge on any atom is 0.295 e. The van der Waals surface area contributed by atoms with Gasteiger partial charge in [-0.05, 0) is 6.07 Å². The number of hydrogen-bond donors (Lipinski definition) is 1. The zero-order valence-corrected chi connectivity index (χ0v) is 7.88. The van der Waals surface area contributed by atoms with Gasteiger partial charge in [-0.1, -0.05) is 6.07 Å². The van der Waals surface area contributed by atoms with Crippen molar-refractivity contribution in [2.24, 2.45) is 0 Å². The number of para-hydroxylation sites is 1. The van der Waals surface area contributed by atoms with Crippen molar-refractivity contribution < 1.29 is 14.4 Å². The van der Waals surface area contributed by atoms with Gasteiger partial charge in [0.25, 0.3) is 5.69 Å². The first-order valence-electron chi connectivity index (χ1n) is 4.46. The first-order chi connectivity index (χ1) is 7.18. The summed E-state index contributed by atoms with van der Waals surface area (Å²) >= 11 is 0. The molecule has 0 aliphatic carbocycles. The number of epoxide rings is 1. The summed E-state index contributed by atoms with van der Waals surface area (Å²) in [6, 6.07) is 4.48. The monoisotopic (exact) mass is 210 g/mol. The number of nitro groups is 1. The van der Waals surface area contributed by atoms with Crippen LogP contribution in [0.15, 0.2) is 18.2 Å². The minimum Gasteiger partial charge on any atom is -0.488 e. The molecular formula is C9H10N2O4. The lowest BCUT2D eigenvalue weighted by molar-refractivity contribution is -0.384. The summed E-state index contributed by atoms with van der Waals surface area (Å²) in [6.07, 6.45) is 0.101. The Morgan fingerprint density at radius 2 is 2.40 bits per heavy atom. The Morgan fingerprint density at radius 3 is 3.00 bits per heavy atom. The average molecular weight is 210 g/mol. The summed E-state index contributed by atoms with van der Waals surface area (Å²) in [6.45, 7) is 1.06. The van der Waals surface area contributed by atoms with Gasteiger partial charge in [-0.15, -0.1) is 0 Å². The van der Waals surface area contributed by atoms with Gasteiger partial charge < -0.3 is 15.2 Å². The SMILES string of the molecule is Nc1c(OC[C@@H]2CO2)cccc1[N+](=O)[O-]. The molecule has 0 unspecified atom stereocenters. The second kappa shape index (κ2) is 3.74. The van der Waals surface area contributed by atoms with E-state index in [0.717, 1.165) is 0 Å². The van der Waals surface area contributed by atoms with Crippen molar-refractivity contribution in [2.45, 2.75) is 6.10 Å². The molecule has 15 heavy (non-hydrogen) atoms. The molecule has 6 nitrogen and oxygen atoms in total. The number of benzene rings is 1. The van der Waals surface area contributed by atoms with Crippen molar-refractivity contribution in [3.05, 3.63) is 28.3 Å². The number of anilines is 1. The summed E-state index contributed by atoms with van der Waals surface area (Å²) in [7, 11) is 0. The Labute approximate surface area is 85.7 Å². The molecule has 1 fully saturated rings. The molecule has 0 bridgehead atoms. The fourth-order valence-electron chi connectivity index (χ4n) is 1.16. The van der Waals surface area contributed by atoms with Gasteiger partial charge in [0.15, 0.2) is 5.69 Å². The molecule has 2 N–H and O–H groups in total. The Morgan fingerprint density at radius 1 is 1.67 bits per heavy atom. The highest BCUT2D eigenvalue weighted by Gasteiger charge is 2.24. The number of rotatable bonds is 4. The van der Waals surface area contributed by atoms with Crippen LogP contribution in [0.5, 0.6) is 5.75 Å². The predicted octanol–water partition coefficient (Wildman–Crippen LogP) is 0.955. The van der Waals surface area contributed by atoms with Gasteiger partial charge in [-0.25, -0.2) is 0 Å². The number of nitrogen functional groups attached to an aromatic ring is 1. The maximum atomic E-state index is 10.6. The molecule has 1 aliphatic rings. The third kappa shape index (κ3) is 2.16. The predicted molar refractivity (Wildman–Crippen MR) is 52.7 cm³/mol. The van der Waals surface area contributed by atoms with Gasteiger partial charge in [-0.3, -0.25) is 10.1 Å². The fourth-order valence-corrected chi connectivity index (χ4v) is 1.16. The normalized spacial score (nSPS) is 18.5. The van der Waals surface area contributed by atoms with E-state index in [1.807, 2.05) is 0 Å². The second-order valence-electron chi connectivity index (χ2n) is 3.21. The Balaban J connectivity index is 2.14. The van der Waals surface area contributed by atoms with Crippen LogP contribution < -0.4 is 10.5 Å². The van der Waals surface area contributed by atoms with Gasteiger partial charge in [-0.2, -0.15) is 0 Å². The molecule has 1 saturated heterocycles. The van der Waals surface area contributed by atoms with Crippen LogP contribution in [0.2, 0.25) is 0 Å². The third-order valence-corrected chi connectivity index (χ3v) is 2.07. The van der Waals surface area contributed by atoms with Crippen molar-refractivity contribution in [2.75, 3.05) is 18.9 Å². The van der Waals surface area contributed by atoms with Crippen molar-refractivity contribution in [1.82, 2.24) is 0 Å². The zero-order chi connectivity index (χ0) is 10.8. The molecule has 0 spiro atoms. The van der Waals surface area contributed by atoms with Crippen molar-refractivity contribution in [1.29, 1.82) is 0 Å². The topological polar surface area (TPSA) is 90.9 Å². The molecule has 0 saturated carbocycles. The quantitative estimate of drug-likeness (QED) is 0.346. The van der Waals surface area contributed by atoms with Crippen LogP contribution in [-0.4, -0.2) is 24.2 Å². The van der Waals surface area contributed by atoms with E-state index in [4.69, 9.17) is 15.2 Å². The minimum absolute atomic E-state index is 0.0585. The van der Waals surface area contributed by atoms with E-state index in [9.17, 15) is 10.1 Å². The summed E-state index contributed by atoms with van der Waals surface area (Å²) in [4.78, 5) is 10.0. The number of hydrogen-bond acceptors (Lipinski definition) is 5. The van der Waals surface area contributed by atoms with E-state index in [0.29, 0.717) is 19.0 Å². The number of nitro benzene ring substituents is 1. The van der Waals surface area contributed by atoms with E-state index < -0.39 is 4.92 Å². The van der Waals surface area contributed by atoms with E-state index >= 15 is 0 Å². The molecule has 0 aromatic heterocycles. The Hall–Kier alpha value is -1.82. The molecule has 80 valence electrons. The standard InChI is InChI=1S/C9H10N2O4/c10-9-7(11(12)13)2-1-3-8(9)15-5-6-4-14-6/h1-3,6H,4-5,10H2/t6-/m0/s1. The first-order valence-corrected chi connectivity index (χ1v) is 4.46. The summed E-state index contributed by atoms with van der Waals surface area (Å²) in [5, 5.41) is 10.6. The lowest BCUT2D eigenvalue weighted by Crippen LogP contribution is -2.06. The smallest absolute Gasteiger partial charge is 0.295 e. The largest absolute Gasteiger partial charge is 0.488 e. The van der Waals surface area contributed by atoms with Gasteiger partial charge in [0, 0.05) is 6.07 Å². The number of ether oxygens (including phenoxy) is 2. The first kappa shape index (κ1) is 9.72. The summed E-state index contributed by atoms with van der Waals surface area (Å²) in [5.41, 5.74) is 5.51. The average Bonchev–Trinajstić information content (AvgIpc) is 2.99. The molecule has 0 radical (unpaired) electrons. The van der Waals surface area contributed by atoms with E-state index in [2.05, 4.69) is 0 Å². The number of nitrogens with zero attached hydrogens (tertiary/aromatic N) is 1. The molecule has 1 aromatic rings. The van der Waals surface area contributed by atoms with E-state index in [-0.39, 0.29) is 17.5 Å². The fraction of sp³-hybridized carbons (Fsp3) is 0.333. The third-order valence-electron chi connectivity index (χ3n) is 2.07. The highest BCUT2D eigenvalue weighted by molar-refractivity contribution is 5.66. The molecule has 1 atom stereocenters. The van der Waals surface area contributed by atoms with Crippen LogP contribution in [0.3, 0.4) is 0 Å². The van der Waals surface area contributed by atoms with Crippen LogP contribution in [0.25, 0.3) is 0 Å². The van der Waals surface area contributed by atoms with Gasteiger partial charge in [0.05, 0.1) is 11.5 Å². The van der Waals surface area contributed by atoms with Crippen molar-refractivity contribution in [3.8, 4) is 5.75 Å². The second-order valence-corrected chi connectivity index (χ2v) is 3.21. The molecular weight excluding hydrogens is 200 g/mol. The van der Waals surface area contributed by atoms with Crippen LogP contribution in [0.4, 0.5) is 11.4 Å². The maximum absolute atomic E-state index is 10.6. The molecule has 1 heterocycles. The molecule has 1 aliphatic heterocycles. The minimum atomic E-state index is -0.532. The Kier molecular flexibility index (Phi) is 2.42. The van der Waals surface area contributed by atoms with E-state index in [1.54, 1.807) is 6.07 Å². The van der Waals surface area contributed by atoms with Crippen molar-refractivity contribution >= 4 is 11.4 Å². The van der Waals surface area contributed by atoms with Crippen LogP contribution >= 0.6 is 0 Å². The highest BCUT2D eigenvalue weighted by atomic mass is 16.6. The molecule has 1 aromatic carbocycles.